The third-order valence-electron chi connectivity index (χ3n) is 2.32. The zero-order valence-corrected chi connectivity index (χ0v) is 9.07. The summed E-state index contributed by atoms with van der Waals surface area (Å²) in [5, 5.41) is 0. The van der Waals surface area contributed by atoms with Crippen LogP contribution in [0.1, 0.15) is 12.8 Å². The number of primary amides is 1. The lowest BCUT2D eigenvalue weighted by Gasteiger charge is -2.37. The van der Waals surface area contributed by atoms with E-state index >= 15 is 0 Å². The Kier molecular flexibility index (Phi) is 4.03. The summed E-state index contributed by atoms with van der Waals surface area (Å²) < 4.78 is 24.4. The van der Waals surface area contributed by atoms with Gasteiger partial charge < -0.3 is 10.6 Å². The van der Waals surface area contributed by atoms with Gasteiger partial charge in [0.15, 0.2) is 0 Å². The molecule has 1 atom stereocenters. The highest BCUT2D eigenvalue weighted by Crippen LogP contribution is 2.21. The molecule has 1 amide bonds. The van der Waals surface area contributed by atoms with Crippen molar-refractivity contribution >= 4 is 15.9 Å². The van der Waals surface area contributed by atoms with Crippen LogP contribution in [-0.2, 0) is 19.7 Å². The highest BCUT2D eigenvalue weighted by molar-refractivity contribution is 7.89. The highest BCUT2D eigenvalue weighted by atomic mass is 32.2. The smallest absolute Gasteiger partial charge is 0.235 e. The van der Waals surface area contributed by atoms with Gasteiger partial charge in [0.2, 0.25) is 15.9 Å². The van der Waals surface area contributed by atoms with Gasteiger partial charge in [0.1, 0.15) is 6.04 Å². The van der Waals surface area contributed by atoms with Crippen LogP contribution in [-0.4, -0.2) is 43.6 Å². The number of carbonyl (C=O) groups excluding carboxylic acids is 1. The van der Waals surface area contributed by atoms with Crippen LogP contribution in [0.3, 0.4) is 0 Å². The molecule has 0 bridgehead atoms. The van der Waals surface area contributed by atoms with Crippen LogP contribution in [0.15, 0.2) is 0 Å². The summed E-state index contributed by atoms with van der Waals surface area (Å²) in [5.41, 5.74) is 5.05. The summed E-state index contributed by atoms with van der Waals surface area (Å²) in [5.74, 6) is 4.10. The molecule has 88 valence electrons. The van der Waals surface area contributed by atoms with Crippen LogP contribution in [0, 0.1) is 0 Å². The average Bonchev–Trinajstić information content (AvgIpc) is 1.99. The molecule has 7 nitrogen and oxygen atoms in total. The Morgan fingerprint density at radius 3 is 2.60 bits per heavy atom. The van der Waals surface area contributed by atoms with E-state index in [1.807, 2.05) is 0 Å². The van der Waals surface area contributed by atoms with Gasteiger partial charge >= 0.3 is 0 Å². The first-order chi connectivity index (χ1) is 6.99. The summed E-state index contributed by atoms with van der Waals surface area (Å²) >= 11 is 0. The van der Waals surface area contributed by atoms with Gasteiger partial charge in [0.25, 0.3) is 0 Å². The van der Waals surface area contributed by atoms with Gasteiger partial charge in [-0.05, 0) is 12.8 Å². The molecular formula is C7H15N3O4S. The van der Waals surface area contributed by atoms with Gasteiger partial charge in [-0.2, -0.15) is 4.31 Å². The third-order valence-corrected chi connectivity index (χ3v) is 4.28. The van der Waals surface area contributed by atoms with Crippen molar-refractivity contribution in [2.24, 2.45) is 11.6 Å². The maximum absolute atomic E-state index is 11.6. The maximum Gasteiger partial charge on any atom is 0.235 e. The SMILES string of the molecule is NOCCCS(=O)(=O)N1CCC1C(N)=O. The maximum atomic E-state index is 11.6. The van der Waals surface area contributed by atoms with Gasteiger partial charge in [-0.25, -0.2) is 14.3 Å². The molecule has 0 spiro atoms. The van der Waals surface area contributed by atoms with Gasteiger partial charge in [0, 0.05) is 6.54 Å². The van der Waals surface area contributed by atoms with E-state index in [0.717, 1.165) is 4.31 Å². The molecule has 1 heterocycles. The largest absolute Gasteiger partial charge is 0.368 e. The van der Waals surface area contributed by atoms with Crippen molar-refractivity contribution in [3.05, 3.63) is 0 Å². The molecule has 0 saturated carbocycles. The second-order valence-electron chi connectivity index (χ2n) is 3.36. The van der Waals surface area contributed by atoms with Crippen LogP contribution >= 0.6 is 0 Å². The summed E-state index contributed by atoms with van der Waals surface area (Å²) in [6.45, 7) is 0.535. The monoisotopic (exact) mass is 237 g/mol. The summed E-state index contributed by atoms with van der Waals surface area (Å²) in [7, 11) is -3.39. The van der Waals surface area contributed by atoms with E-state index in [9.17, 15) is 13.2 Å². The average molecular weight is 237 g/mol. The Hall–Kier alpha value is -0.700. The zero-order valence-electron chi connectivity index (χ0n) is 8.26. The molecule has 1 aliphatic heterocycles. The van der Waals surface area contributed by atoms with Crippen LogP contribution in [0.4, 0.5) is 0 Å². The predicted octanol–water partition coefficient (Wildman–Crippen LogP) is -1.84. The van der Waals surface area contributed by atoms with E-state index in [0.29, 0.717) is 19.4 Å². The fourth-order valence-corrected chi connectivity index (χ4v) is 3.12. The van der Waals surface area contributed by atoms with Gasteiger partial charge in [-0.3, -0.25) is 4.79 Å². The molecule has 0 radical (unpaired) electrons. The Labute approximate surface area is 88.4 Å². The van der Waals surface area contributed by atoms with E-state index in [1.165, 1.54) is 0 Å². The van der Waals surface area contributed by atoms with Gasteiger partial charge in [-0.1, -0.05) is 0 Å². The Morgan fingerprint density at radius 2 is 2.20 bits per heavy atom. The van der Waals surface area contributed by atoms with Crippen molar-refractivity contribution in [1.29, 1.82) is 0 Å². The first kappa shape index (κ1) is 12.4. The quantitative estimate of drug-likeness (QED) is 0.416. The minimum absolute atomic E-state index is 0.0754. The second kappa shape index (κ2) is 4.88. The molecule has 1 fully saturated rings. The topological polar surface area (TPSA) is 116 Å². The molecule has 0 aromatic rings. The summed E-state index contributed by atoms with van der Waals surface area (Å²) in [6.07, 6.45) is 0.808. The molecule has 1 aliphatic rings. The number of amides is 1. The van der Waals surface area contributed by atoms with Crippen molar-refractivity contribution in [2.75, 3.05) is 18.9 Å². The fourth-order valence-electron chi connectivity index (χ4n) is 1.42. The highest BCUT2D eigenvalue weighted by Gasteiger charge is 2.40. The Balaban J connectivity index is 2.51. The van der Waals surface area contributed by atoms with Gasteiger partial charge in [0.05, 0.1) is 12.4 Å². The Bertz CT molecular complexity index is 329. The first-order valence-corrected chi connectivity index (χ1v) is 6.20. The fraction of sp³-hybridized carbons (Fsp3) is 0.857. The van der Waals surface area contributed by atoms with E-state index < -0.39 is 22.0 Å². The zero-order chi connectivity index (χ0) is 11.5. The van der Waals surface area contributed by atoms with Crippen molar-refractivity contribution in [1.82, 2.24) is 4.31 Å². The molecule has 1 saturated heterocycles. The van der Waals surface area contributed by atoms with Crippen LogP contribution in [0.25, 0.3) is 0 Å². The molecule has 1 rings (SSSR count). The standard InChI is InChI=1S/C7H15N3O4S/c8-7(11)6-2-3-10(6)15(12,13)5-1-4-14-9/h6H,1-5,9H2,(H2,8,11). The molecule has 0 aliphatic carbocycles. The molecule has 1 unspecified atom stereocenters. The minimum Gasteiger partial charge on any atom is -0.368 e. The molecule has 0 aromatic carbocycles. The summed E-state index contributed by atoms with van der Waals surface area (Å²) in [4.78, 5) is 15.1. The number of hydrogen-bond acceptors (Lipinski definition) is 5. The molecular weight excluding hydrogens is 222 g/mol. The van der Waals surface area contributed by atoms with Crippen molar-refractivity contribution in [2.45, 2.75) is 18.9 Å². The normalized spacial score (nSPS) is 22.3. The minimum atomic E-state index is -3.39. The number of nitrogens with zero attached hydrogens (tertiary/aromatic N) is 1. The number of sulfonamides is 1. The van der Waals surface area contributed by atoms with Crippen molar-refractivity contribution in [3.63, 3.8) is 0 Å². The number of hydrogen-bond donors (Lipinski definition) is 2. The molecule has 0 aromatic heterocycles. The molecule has 15 heavy (non-hydrogen) atoms. The Morgan fingerprint density at radius 1 is 1.53 bits per heavy atom. The lowest BCUT2D eigenvalue weighted by molar-refractivity contribution is -0.124. The predicted molar refractivity (Wildman–Crippen MR) is 52.8 cm³/mol. The third kappa shape index (κ3) is 2.88. The van der Waals surface area contributed by atoms with Crippen LogP contribution in [0.5, 0.6) is 0 Å². The summed E-state index contributed by atoms with van der Waals surface area (Å²) in [6, 6.07) is -0.672. The molecule has 4 N–H and O–H groups in total. The van der Waals surface area contributed by atoms with Crippen LogP contribution in [0.2, 0.25) is 0 Å². The molecule has 8 heteroatoms. The van der Waals surface area contributed by atoms with Crippen LogP contribution < -0.4 is 11.6 Å². The van der Waals surface area contributed by atoms with E-state index in [4.69, 9.17) is 11.6 Å². The van der Waals surface area contributed by atoms with E-state index in [2.05, 4.69) is 4.84 Å². The van der Waals surface area contributed by atoms with E-state index in [1.54, 1.807) is 0 Å². The van der Waals surface area contributed by atoms with Crippen molar-refractivity contribution in [3.8, 4) is 0 Å². The number of rotatable bonds is 6. The first-order valence-electron chi connectivity index (χ1n) is 4.59. The number of nitrogens with two attached hydrogens (primary N) is 2. The lowest BCUT2D eigenvalue weighted by Crippen LogP contribution is -2.57. The lowest BCUT2D eigenvalue weighted by atomic mass is 10.1. The second-order valence-corrected chi connectivity index (χ2v) is 5.40. The van der Waals surface area contributed by atoms with Crippen molar-refractivity contribution < 1.29 is 18.0 Å². The number of carbonyl (C=O) groups is 1. The van der Waals surface area contributed by atoms with E-state index in [-0.39, 0.29) is 12.4 Å². The van der Waals surface area contributed by atoms with Gasteiger partial charge in [-0.15, -0.1) is 0 Å².